The number of hydrogen-bond acceptors (Lipinski definition) is 7. The Bertz CT molecular complexity index is 882. The summed E-state index contributed by atoms with van der Waals surface area (Å²) in [5, 5.41) is 3.07. The van der Waals surface area contributed by atoms with Crippen LogP contribution in [-0.4, -0.2) is 64.9 Å². The number of nitrogens with zero attached hydrogens (tertiary/aromatic N) is 4. The number of aromatic nitrogens is 2. The van der Waals surface area contributed by atoms with Gasteiger partial charge in [-0.25, -0.2) is 22.7 Å². The topological polar surface area (TPSA) is 78.4 Å². The lowest BCUT2D eigenvalue weighted by atomic mass is 10.1. The van der Waals surface area contributed by atoms with E-state index in [9.17, 15) is 21.6 Å². The number of sulfonamides is 1. The first-order valence-corrected chi connectivity index (χ1v) is 12.0. The zero-order valence-electron chi connectivity index (χ0n) is 16.4. The van der Waals surface area contributed by atoms with Crippen LogP contribution in [0.15, 0.2) is 12.4 Å². The summed E-state index contributed by atoms with van der Waals surface area (Å²) in [6.45, 7) is 4.66. The summed E-state index contributed by atoms with van der Waals surface area (Å²) in [5.74, 6) is 0.691. The van der Waals surface area contributed by atoms with Crippen molar-refractivity contribution in [3.05, 3.63) is 23.7 Å². The average molecular weight is 452 g/mol. The van der Waals surface area contributed by atoms with E-state index in [1.807, 2.05) is 18.7 Å². The molecule has 7 nitrogen and oxygen atoms in total. The van der Waals surface area contributed by atoms with Gasteiger partial charge >= 0.3 is 6.18 Å². The Morgan fingerprint density at radius 2 is 1.93 bits per heavy atom. The van der Waals surface area contributed by atoms with Gasteiger partial charge in [-0.2, -0.15) is 13.2 Å². The number of nitrogens with one attached hydrogen (secondary N) is 1. The van der Waals surface area contributed by atoms with Gasteiger partial charge in [-0.3, -0.25) is 0 Å². The zero-order valence-corrected chi connectivity index (χ0v) is 18.0. The molecule has 1 aromatic rings. The molecule has 0 unspecified atom stereocenters. The van der Waals surface area contributed by atoms with Crippen molar-refractivity contribution in [3.63, 3.8) is 0 Å². The molecule has 0 spiro atoms. The van der Waals surface area contributed by atoms with Crippen molar-refractivity contribution in [2.24, 2.45) is 0 Å². The van der Waals surface area contributed by atoms with Crippen LogP contribution in [0, 0.1) is 0 Å². The highest BCUT2D eigenvalue weighted by atomic mass is 32.2. The minimum Gasteiger partial charge on any atom is -0.364 e. The van der Waals surface area contributed by atoms with Gasteiger partial charge in [0.25, 0.3) is 0 Å². The third-order valence-electron chi connectivity index (χ3n) is 4.90. The Balaban J connectivity index is 1.81. The first-order valence-electron chi connectivity index (χ1n) is 9.22. The third kappa shape index (κ3) is 5.34. The highest BCUT2D eigenvalue weighted by Gasteiger charge is 2.37. The van der Waals surface area contributed by atoms with E-state index in [0.29, 0.717) is 36.7 Å². The monoisotopic (exact) mass is 451 g/mol. The zero-order chi connectivity index (χ0) is 21.4. The molecule has 3 heterocycles. The molecule has 0 bridgehead atoms. The molecule has 2 aliphatic rings. The van der Waals surface area contributed by atoms with E-state index in [1.54, 1.807) is 6.20 Å². The number of thioether (sulfide) groups is 1. The van der Waals surface area contributed by atoms with Crippen LogP contribution in [0.4, 0.5) is 19.1 Å². The second-order valence-electron chi connectivity index (χ2n) is 7.41. The summed E-state index contributed by atoms with van der Waals surface area (Å²) in [4.78, 5) is 10.5. The van der Waals surface area contributed by atoms with Crippen molar-refractivity contribution >= 4 is 32.6 Å². The summed E-state index contributed by atoms with van der Waals surface area (Å²) < 4.78 is 65.1. The summed E-state index contributed by atoms with van der Waals surface area (Å²) in [7, 11) is -3.24. The quantitative estimate of drug-likeness (QED) is 0.737. The van der Waals surface area contributed by atoms with E-state index in [-0.39, 0.29) is 23.7 Å². The van der Waals surface area contributed by atoms with Crippen molar-refractivity contribution < 1.29 is 21.6 Å². The first kappa shape index (κ1) is 22.2. The number of alkyl halides is 3. The molecule has 162 valence electrons. The normalized spacial score (nSPS) is 19.7. The second kappa shape index (κ2) is 8.31. The Kier molecular flexibility index (Phi) is 6.35. The minimum absolute atomic E-state index is 0.102. The van der Waals surface area contributed by atoms with Gasteiger partial charge in [0.05, 0.1) is 22.7 Å². The van der Waals surface area contributed by atoms with Crippen molar-refractivity contribution in [1.29, 1.82) is 0 Å². The predicted octanol–water partition coefficient (Wildman–Crippen LogP) is 3.04. The fourth-order valence-electron chi connectivity index (χ4n) is 3.16. The maximum absolute atomic E-state index is 13.5. The lowest BCUT2D eigenvalue weighted by Gasteiger charge is -2.30. The van der Waals surface area contributed by atoms with Gasteiger partial charge < -0.3 is 10.2 Å². The van der Waals surface area contributed by atoms with Gasteiger partial charge in [0, 0.05) is 37.6 Å². The molecule has 0 saturated carbocycles. The summed E-state index contributed by atoms with van der Waals surface area (Å²) in [6.07, 6.45) is 0.203. The van der Waals surface area contributed by atoms with Gasteiger partial charge in [0.1, 0.15) is 5.56 Å². The lowest BCUT2D eigenvalue weighted by Crippen LogP contribution is -2.42. The number of piperidine rings is 1. The van der Waals surface area contributed by atoms with Crippen LogP contribution in [-0.2, 0) is 16.2 Å². The smallest absolute Gasteiger partial charge is 0.364 e. The fourth-order valence-corrected chi connectivity index (χ4v) is 5.20. The van der Waals surface area contributed by atoms with Gasteiger partial charge in [0.2, 0.25) is 16.0 Å². The molecule has 29 heavy (non-hydrogen) atoms. The largest absolute Gasteiger partial charge is 0.420 e. The fraction of sp³-hybridized carbons (Fsp3) is 0.647. The standard InChI is InChI=1S/C17H24F3N5O2S2/c1-11(2)24-9-14(28-10-24)15-13(17(18,19)20)8-21-16(23-15)22-12-4-6-25(7-5-12)29(3,26)27/h8-9,11-12H,4-7,10H2,1-3H3,(H,21,22,23). The van der Waals surface area contributed by atoms with E-state index in [4.69, 9.17) is 0 Å². The van der Waals surface area contributed by atoms with Crippen molar-refractivity contribution in [3.8, 4) is 0 Å². The van der Waals surface area contributed by atoms with E-state index in [2.05, 4.69) is 15.3 Å². The molecule has 0 radical (unpaired) electrons. The van der Waals surface area contributed by atoms with Crippen molar-refractivity contribution in [1.82, 2.24) is 19.2 Å². The minimum atomic E-state index is -4.55. The molecule has 1 N–H and O–H groups in total. The molecular weight excluding hydrogens is 427 g/mol. The molecule has 1 aromatic heterocycles. The molecule has 0 amide bonds. The number of rotatable bonds is 5. The summed E-state index contributed by atoms with van der Waals surface area (Å²) >= 11 is 1.32. The van der Waals surface area contributed by atoms with E-state index < -0.39 is 21.8 Å². The third-order valence-corrected chi connectivity index (χ3v) is 7.24. The number of hydrogen-bond donors (Lipinski definition) is 1. The van der Waals surface area contributed by atoms with E-state index in [0.717, 1.165) is 6.20 Å². The maximum atomic E-state index is 13.5. The summed E-state index contributed by atoms with van der Waals surface area (Å²) in [6, 6.07) is 0.0729. The number of anilines is 1. The SMILES string of the molecule is CC(C)N1C=C(c2nc(NC3CCN(S(C)(=O)=O)CC3)ncc2C(F)(F)F)SC1. The number of halogens is 3. The van der Waals surface area contributed by atoms with Gasteiger partial charge in [-0.05, 0) is 26.7 Å². The lowest BCUT2D eigenvalue weighted by molar-refractivity contribution is -0.138. The maximum Gasteiger partial charge on any atom is 0.420 e. The molecule has 1 fully saturated rings. The van der Waals surface area contributed by atoms with Gasteiger partial charge in [-0.1, -0.05) is 0 Å². The average Bonchev–Trinajstić information content (AvgIpc) is 3.11. The van der Waals surface area contributed by atoms with E-state index >= 15 is 0 Å². The van der Waals surface area contributed by atoms with Crippen LogP contribution in [0.2, 0.25) is 0 Å². The molecule has 0 aromatic carbocycles. The van der Waals surface area contributed by atoms with Crippen LogP contribution in [0.5, 0.6) is 0 Å². The molecule has 0 aliphatic carbocycles. The van der Waals surface area contributed by atoms with Crippen LogP contribution in [0.3, 0.4) is 0 Å². The Labute approximate surface area is 172 Å². The first-order chi connectivity index (χ1) is 13.4. The highest BCUT2D eigenvalue weighted by Crippen LogP contribution is 2.41. The van der Waals surface area contributed by atoms with E-state index in [1.165, 1.54) is 22.3 Å². The van der Waals surface area contributed by atoms with Gasteiger partial charge in [0.15, 0.2) is 0 Å². The Hall–Kier alpha value is -1.53. The van der Waals surface area contributed by atoms with Crippen LogP contribution < -0.4 is 5.32 Å². The molecule has 12 heteroatoms. The van der Waals surface area contributed by atoms with Crippen molar-refractivity contribution in [2.75, 3.05) is 30.5 Å². The molecule has 0 atom stereocenters. The second-order valence-corrected chi connectivity index (χ2v) is 10.4. The van der Waals surface area contributed by atoms with Crippen molar-refractivity contribution in [2.45, 2.75) is 44.9 Å². The van der Waals surface area contributed by atoms with Crippen LogP contribution in [0.1, 0.15) is 37.9 Å². The Morgan fingerprint density at radius 3 is 2.45 bits per heavy atom. The Morgan fingerprint density at radius 1 is 1.28 bits per heavy atom. The predicted molar refractivity (Wildman–Crippen MR) is 108 cm³/mol. The highest BCUT2D eigenvalue weighted by molar-refractivity contribution is 8.08. The molecule has 2 aliphatic heterocycles. The molecule has 1 saturated heterocycles. The summed E-state index contributed by atoms with van der Waals surface area (Å²) in [5.41, 5.74) is -0.990. The molecule has 3 rings (SSSR count). The van der Waals surface area contributed by atoms with Gasteiger partial charge in [-0.15, -0.1) is 11.8 Å². The van der Waals surface area contributed by atoms with Crippen LogP contribution >= 0.6 is 11.8 Å². The molecular formula is C17H24F3N5O2S2. The van der Waals surface area contributed by atoms with Crippen LogP contribution in [0.25, 0.3) is 4.91 Å².